The van der Waals surface area contributed by atoms with Crippen molar-refractivity contribution in [3.63, 3.8) is 0 Å². The van der Waals surface area contributed by atoms with E-state index in [4.69, 9.17) is 5.11 Å². The van der Waals surface area contributed by atoms with Crippen LogP contribution >= 0.6 is 0 Å². The minimum atomic E-state index is -1.07. The first-order valence-corrected chi connectivity index (χ1v) is 4.40. The zero-order valence-electron chi connectivity index (χ0n) is 7.99. The zero-order valence-corrected chi connectivity index (χ0v) is 7.99. The molecule has 0 aliphatic rings. The number of H-pyrrole nitrogens is 1. The van der Waals surface area contributed by atoms with E-state index >= 15 is 0 Å². The van der Waals surface area contributed by atoms with Crippen molar-refractivity contribution < 1.29 is 14.7 Å². The van der Waals surface area contributed by atoms with Crippen LogP contribution in [0.5, 0.6) is 0 Å². The van der Waals surface area contributed by atoms with E-state index in [1.165, 1.54) is 0 Å². The van der Waals surface area contributed by atoms with Gasteiger partial charge in [0, 0.05) is 25.4 Å². The van der Waals surface area contributed by atoms with Gasteiger partial charge in [0.1, 0.15) is 12.4 Å². The van der Waals surface area contributed by atoms with Crippen LogP contribution in [0.1, 0.15) is 5.82 Å². The fourth-order valence-electron chi connectivity index (χ4n) is 0.948. The van der Waals surface area contributed by atoms with Crippen molar-refractivity contribution in [2.75, 3.05) is 13.1 Å². The molecular weight excluding hydrogens is 200 g/mol. The van der Waals surface area contributed by atoms with Gasteiger partial charge >= 0.3 is 12.0 Å². The van der Waals surface area contributed by atoms with Crippen molar-refractivity contribution in [3.05, 3.63) is 18.2 Å². The molecule has 0 saturated heterocycles. The van der Waals surface area contributed by atoms with Crippen LogP contribution in [0.3, 0.4) is 0 Å². The second-order valence-corrected chi connectivity index (χ2v) is 2.79. The van der Waals surface area contributed by atoms with Crippen LogP contribution in [0.25, 0.3) is 0 Å². The van der Waals surface area contributed by atoms with Gasteiger partial charge in [-0.3, -0.25) is 4.79 Å². The highest BCUT2D eigenvalue weighted by Crippen LogP contribution is 1.87. The van der Waals surface area contributed by atoms with E-state index in [0.717, 1.165) is 5.82 Å². The van der Waals surface area contributed by atoms with Crippen molar-refractivity contribution >= 4 is 12.0 Å². The van der Waals surface area contributed by atoms with Gasteiger partial charge in [-0.15, -0.1) is 0 Å². The van der Waals surface area contributed by atoms with E-state index in [1.807, 2.05) is 0 Å². The molecule has 0 fully saturated rings. The molecule has 0 unspecified atom stereocenters. The molecule has 0 bridgehead atoms. The van der Waals surface area contributed by atoms with Gasteiger partial charge in [-0.05, 0) is 0 Å². The second-order valence-electron chi connectivity index (χ2n) is 2.79. The number of aromatic nitrogens is 2. The predicted octanol–water partition coefficient (Wildman–Crippen LogP) is -0.664. The lowest BCUT2D eigenvalue weighted by atomic mass is 10.4. The van der Waals surface area contributed by atoms with E-state index in [1.54, 1.807) is 12.4 Å². The fraction of sp³-hybridized carbons (Fsp3) is 0.375. The standard InChI is InChI=1S/C8H12N4O3/c13-7(14)5-12-8(15)11-2-1-6-9-3-4-10-6/h3-4H,1-2,5H2,(H,9,10)(H,13,14)(H2,11,12,15). The number of hydrogen-bond donors (Lipinski definition) is 4. The number of aliphatic carboxylic acids is 1. The van der Waals surface area contributed by atoms with Crippen LogP contribution in [-0.2, 0) is 11.2 Å². The van der Waals surface area contributed by atoms with Crippen molar-refractivity contribution in [1.82, 2.24) is 20.6 Å². The topological polar surface area (TPSA) is 107 Å². The third-order valence-corrected chi connectivity index (χ3v) is 1.60. The minimum absolute atomic E-state index is 0.382. The van der Waals surface area contributed by atoms with E-state index in [0.29, 0.717) is 13.0 Å². The highest BCUT2D eigenvalue weighted by atomic mass is 16.4. The molecular formula is C8H12N4O3. The van der Waals surface area contributed by atoms with Gasteiger partial charge in [0.05, 0.1) is 0 Å². The minimum Gasteiger partial charge on any atom is -0.480 e. The summed E-state index contributed by atoms with van der Waals surface area (Å²) in [5.41, 5.74) is 0. The lowest BCUT2D eigenvalue weighted by Gasteiger charge is -2.04. The molecule has 7 nitrogen and oxygen atoms in total. The number of imidazole rings is 1. The SMILES string of the molecule is O=C(O)CNC(=O)NCCc1ncc[nH]1. The molecule has 1 heterocycles. The molecule has 15 heavy (non-hydrogen) atoms. The Labute approximate surface area is 85.9 Å². The number of urea groups is 1. The molecule has 0 spiro atoms. The Balaban J connectivity index is 2.09. The number of amides is 2. The molecule has 82 valence electrons. The molecule has 0 saturated carbocycles. The van der Waals surface area contributed by atoms with Crippen molar-refractivity contribution in [2.24, 2.45) is 0 Å². The first kappa shape index (κ1) is 11.0. The van der Waals surface area contributed by atoms with E-state index in [2.05, 4.69) is 20.6 Å². The van der Waals surface area contributed by atoms with Crippen molar-refractivity contribution in [3.8, 4) is 0 Å². The number of carbonyl (C=O) groups is 2. The molecule has 2 amide bonds. The quantitative estimate of drug-likeness (QED) is 0.519. The Kier molecular flexibility index (Phi) is 4.14. The molecule has 7 heteroatoms. The summed E-state index contributed by atoms with van der Waals surface area (Å²) in [7, 11) is 0. The van der Waals surface area contributed by atoms with Gasteiger partial charge in [0.25, 0.3) is 0 Å². The summed E-state index contributed by atoms with van der Waals surface area (Å²) < 4.78 is 0. The molecule has 0 aliphatic carbocycles. The fourth-order valence-corrected chi connectivity index (χ4v) is 0.948. The molecule has 4 N–H and O–H groups in total. The van der Waals surface area contributed by atoms with Gasteiger partial charge in [0.15, 0.2) is 0 Å². The van der Waals surface area contributed by atoms with Crippen LogP contribution in [0.2, 0.25) is 0 Å². The average Bonchev–Trinajstić information content (AvgIpc) is 2.67. The third-order valence-electron chi connectivity index (χ3n) is 1.60. The number of nitrogens with one attached hydrogen (secondary N) is 3. The zero-order chi connectivity index (χ0) is 11.1. The second kappa shape index (κ2) is 5.63. The number of hydrogen-bond acceptors (Lipinski definition) is 3. The summed E-state index contributed by atoms with van der Waals surface area (Å²) in [5, 5.41) is 13.0. The van der Waals surface area contributed by atoms with Gasteiger partial charge in [-0.2, -0.15) is 0 Å². The normalized spacial score (nSPS) is 9.60. The summed E-state index contributed by atoms with van der Waals surface area (Å²) in [6, 6.07) is -0.496. The largest absolute Gasteiger partial charge is 0.480 e. The van der Waals surface area contributed by atoms with Crippen molar-refractivity contribution in [2.45, 2.75) is 6.42 Å². The molecule has 1 aromatic heterocycles. The molecule has 0 aliphatic heterocycles. The Morgan fingerprint density at radius 2 is 2.27 bits per heavy atom. The van der Waals surface area contributed by atoms with Crippen LogP contribution in [-0.4, -0.2) is 40.2 Å². The van der Waals surface area contributed by atoms with Crippen LogP contribution in [0.15, 0.2) is 12.4 Å². The summed E-state index contributed by atoms with van der Waals surface area (Å²) >= 11 is 0. The van der Waals surface area contributed by atoms with Gasteiger partial charge in [-0.25, -0.2) is 9.78 Å². The van der Waals surface area contributed by atoms with Crippen LogP contribution in [0.4, 0.5) is 4.79 Å². The predicted molar refractivity (Wildman–Crippen MR) is 51.3 cm³/mol. The molecule has 0 aromatic carbocycles. The highest BCUT2D eigenvalue weighted by molar-refractivity contribution is 5.79. The molecule has 1 rings (SSSR count). The first-order chi connectivity index (χ1) is 7.18. The average molecular weight is 212 g/mol. The van der Waals surface area contributed by atoms with E-state index in [9.17, 15) is 9.59 Å². The smallest absolute Gasteiger partial charge is 0.323 e. The number of nitrogens with zero attached hydrogens (tertiary/aromatic N) is 1. The number of carboxylic acid groups (broad SMARTS) is 1. The Morgan fingerprint density at radius 1 is 1.47 bits per heavy atom. The first-order valence-electron chi connectivity index (χ1n) is 4.40. The summed E-state index contributed by atoms with van der Waals surface area (Å²) in [5.74, 6) is -0.301. The monoisotopic (exact) mass is 212 g/mol. The van der Waals surface area contributed by atoms with E-state index < -0.39 is 12.0 Å². The van der Waals surface area contributed by atoms with Crippen LogP contribution in [0, 0.1) is 0 Å². The highest BCUT2D eigenvalue weighted by Gasteiger charge is 2.02. The lowest BCUT2D eigenvalue weighted by molar-refractivity contribution is -0.135. The lowest BCUT2D eigenvalue weighted by Crippen LogP contribution is -2.39. The Morgan fingerprint density at radius 3 is 2.87 bits per heavy atom. The van der Waals surface area contributed by atoms with Gasteiger partial charge < -0.3 is 20.7 Å². The maximum Gasteiger partial charge on any atom is 0.323 e. The third kappa shape index (κ3) is 4.65. The Bertz CT molecular complexity index is 323. The summed E-state index contributed by atoms with van der Waals surface area (Å²) in [4.78, 5) is 27.9. The molecule has 0 atom stereocenters. The van der Waals surface area contributed by atoms with Gasteiger partial charge in [0.2, 0.25) is 0 Å². The van der Waals surface area contributed by atoms with Crippen LogP contribution < -0.4 is 10.6 Å². The summed E-state index contributed by atoms with van der Waals surface area (Å²) in [6.07, 6.45) is 3.90. The maximum atomic E-state index is 11.0. The number of carbonyl (C=O) groups excluding carboxylic acids is 1. The number of aromatic amines is 1. The maximum absolute atomic E-state index is 11.0. The van der Waals surface area contributed by atoms with E-state index in [-0.39, 0.29) is 6.54 Å². The van der Waals surface area contributed by atoms with Crippen molar-refractivity contribution in [1.29, 1.82) is 0 Å². The summed E-state index contributed by atoms with van der Waals surface area (Å²) in [6.45, 7) is 0.0194. The molecule has 0 radical (unpaired) electrons. The number of rotatable bonds is 5. The van der Waals surface area contributed by atoms with Gasteiger partial charge in [-0.1, -0.05) is 0 Å². The number of carboxylic acids is 1. The molecule has 1 aromatic rings. The Hall–Kier alpha value is -2.05.